The third-order valence-electron chi connectivity index (χ3n) is 1.89. The smallest absolute Gasteiger partial charge is 0.287 e. The molecular formula is C10H6ClFN2O. The molecule has 15 heavy (non-hydrogen) atoms. The van der Waals surface area contributed by atoms with Crippen molar-refractivity contribution in [3.05, 3.63) is 51.8 Å². The molecule has 0 aliphatic rings. The molecule has 0 aliphatic carbocycles. The van der Waals surface area contributed by atoms with Crippen LogP contribution in [0.3, 0.4) is 0 Å². The van der Waals surface area contributed by atoms with Crippen LogP contribution in [0.5, 0.6) is 0 Å². The van der Waals surface area contributed by atoms with Gasteiger partial charge in [-0.2, -0.15) is 4.39 Å². The maximum Gasteiger partial charge on any atom is 0.287 e. The minimum Gasteiger partial charge on any atom is -0.311 e. The molecule has 2 aromatic rings. The Morgan fingerprint density at radius 1 is 1.40 bits per heavy atom. The molecule has 76 valence electrons. The zero-order valence-corrected chi connectivity index (χ0v) is 8.25. The van der Waals surface area contributed by atoms with Gasteiger partial charge in [-0.05, 0) is 12.1 Å². The summed E-state index contributed by atoms with van der Waals surface area (Å²) >= 11 is 5.75. The molecule has 3 nitrogen and oxygen atoms in total. The molecule has 0 saturated heterocycles. The van der Waals surface area contributed by atoms with Crippen LogP contribution >= 0.6 is 11.6 Å². The average molecular weight is 225 g/mol. The number of nitrogens with one attached hydrogen (secondary N) is 1. The first-order valence-corrected chi connectivity index (χ1v) is 4.55. The molecule has 0 aliphatic heterocycles. The summed E-state index contributed by atoms with van der Waals surface area (Å²) in [7, 11) is 0. The van der Waals surface area contributed by atoms with Gasteiger partial charge >= 0.3 is 0 Å². The van der Waals surface area contributed by atoms with E-state index in [2.05, 4.69) is 9.97 Å². The Morgan fingerprint density at radius 2 is 2.20 bits per heavy atom. The van der Waals surface area contributed by atoms with Gasteiger partial charge in [0.2, 0.25) is 5.82 Å². The van der Waals surface area contributed by atoms with Crippen LogP contribution in [0.25, 0.3) is 11.3 Å². The highest BCUT2D eigenvalue weighted by Gasteiger charge is 2.09. The van der Waals surface area contributed by atoms with Gasteiger partial charge in [-0.1, -0.05) is 23.7 Å². The van der Waals surface area contributed by atoms with Gasteiger partial charge in [0, 0.05) is 10.6 Å². The zero-order chi connectivity index (χ0) is 10.8. The SMILES string of the molecule is O=c1[nH]cnc(-c2cccc(Cl)c2)c1F. The van der Waals surface area contributed by atoms with Crippen molar-refractivity contribution in [3.8, 4) is 11.3 Å². The Labute approximate surface area is 89.6 Å². The number of hydrogen-bond acceptors (Lipinski definition) is 2. The second kappa shape index (κ2) is 3.82. The first kappa shape index (κ1) is 9.86. The molecule has 1 aromatic carbocycles. The summed E-state index contributed by atoms with van der Waals surface area (Å²) in [4.78, 5) is 16.9. The number of hydrogen-bond donors (Lipinski definition) is 1. The maximum atomic E-state index is 13.4. The van der Waals surface area contributed by atoms with Crippen molar-refractivity contribution in [2.24, 2.45) is 0 Å². The predicted molar refractivity (Wildman–Crippen MR) is 55.3 cm³/mol. The third-order valence-corrected chi connectivity index (χ3v) is 2.13. The summed E-state index contributed by atoms with van der Waals surface area (Å²) in [6.45, 7) is 0. The van der Waals surface area contributed by atoms with Crippen LogP contribution in [-0.4, -0.2) is 9.97 Å². The Kier molecular flexibility index (Phi) is 2.51. The van der Waals surface area contributed by atoms with E-state index < -0.39 is 11.4 Å². The van der Waals surface area contributed by atoms with E-state index >= 15 is 0 Å². The number of H-pyrrole nitrogens is 1. The Bertz CT molecular complexity index is 553. The number of rotatable bonds is 1. The van der Waals surface area contributed by atoms with Crippen LogP contribution in [-0.2, 0) is 0 Å². The molecule has 1 N–H and O–H groups in total. The second-order valence-corrected chi connectivity index (χ2v) is 3.34. The van der Waals surface area contributed by atoms with Crippen LogP contribution in [0.4, 0.5) is 4.39 Å². The van der Waals surface area contributed by atoms with Crippen molar-refractivity contribution in [3.63, 3.8) is 0 Å². The number of aromatic amines is 1. The molecule has 0 bridgehead atoms. The topological polar surface area (TPSA) is 45.8 Å². The van der Waals surface area contributed by atoms with Gasteiger partial charge in [0.25, 0.3) is 5.56 Å². The third kappa shape index (κ3) is 1.89. The van der Waals surface area contributed by atoms with Crippen LogP contribution in [0.2, 0.25) is 5.02 Å². The highest BCUT2D eigenvalue weighted by Crippen LogP contribution is 2.21. The van der Waals surface area contributed by atoms with E-state index in [1.54, 1.807) is 24.3 Å². The van der Waals surface area contributed by atoms with Gasteiger partial charge in [-0.25, -0.2) is 4.98 Å². The molecule has 1 aromatic heterocycles. The summed E-state index contributed by atoms with van der Waals surface area (Å²) in [5.74, 6) is -0.903. The number of halogens is 2. The van der Waals surface area contributed by atoms with E-state index in [4.69, 9.17) is 11.6 Å². The van der Waals surface area contributed by atoms with Crippen molar-refractivity contribution < 1.29 is 4.39 Å². The minimum absolute atomic E-state index is 0.00116. The lowest BCUT2D eigenvalue weighted by Gasteiger charge is -2.01. The van der Waals surface area contributed by atoms with E-state index in [-0.39, 0.29) is 5.69 Å². The van der Waals surface area contributed by atoms with Crippen molar-refractivity contribution in [2.45, 2.75) is 0 Å². The molecule has 0 atom stereocenters. The molecule has 0 unspecified atom stereocenters. The maximum absolute atomic E-state index is 13.4. The number of aromatic nitrogens is 2. The molecule has 2 rings (SSSR count). The Hall–Kier alpha value is -1.68. The molecule has 1 heterocycles. The molecule has 0 spiro atoms. The van der Waals surface area contributed by atoms with E-state index in [1.165, 1.54) is 0 Å². The fourth-order valence-corrected chi connectivity index (χ4v) is 1.41. The lowest BCUT2D eigenvalue weighted by atomic mass is 10.1. The Morgan fingerprint density at radius 3 is 2.93 bits per heavy atom. The van der Waals surface area contributed by atoms with Crippen LogP contribution < -0.4 is 5.56 Å². The summed E-state index contributed by atoms with van der Waals surface area (Å²) in [6.07, 6.45) is 1.15. The fraction of sp³-hybridized carbons (Fsp3) is 0. The molecule has 0 saturated carbocycles. The first-order chi connectivity index (χ1) is 7.18. The second-order valence-electron chi connectivity index (χ2n) is 2.90. The van der Waals surface area contributed by atoms with Crippen LogP contribution in [0.15, 0.2) is 35.4 Å². The van der Waals surface area contributed by atoms with E-state index in [0.717, 1.165) is 6.33 Å². The largest absolute Gasteiger partial charge is 0.311 e. The average Bonchev–Trinajstić information content (AvgIpc) is 2.22. The zero-order valence-electron chi connectivity index (χ0n) is 7.50. The van der Waals surface area contributed by atoms with E-state index in [1.807, 2.05) is 0 Å². The van der Waals surface area contributed by atoms with Gasteiger partial charge in [0.05, 0.1) is 6.33 Å². The molecular weight excluding hydrogens is 219 g/mol. The normalized spacial score (nSPS) is 10.3. The quantitative estimate of drug-likeness (QED) is 0.808. The predicted octanol–water partition coefficient (Wildman–Crippen LogP) is 2.23. The monoisotopic (exact) mass is 224 g/mol. The summed E-state index contributed by atoms with van der Waals surface area (Å²) < 4.78 is 13.4. The van der Waals surface area contributed by atoms with Gasteiger partial charge in [-0.3, -0.25) is 4.79 Å². The van der Waals surface area contributed by atoms with Gasteiger partial charge in [-0.15, -0.1) is 0 Å². The van der Waals surface area contributed by atoms with Crippen molar-refractivity contribution in [1.29, 1.82) is 0 Å². The highest BCUT2D eigenvalue weighted by atomic mass is 35.5. The van der Waals surface area contributed by atoms with E-state index in [9.17, 15) is 9.18 Å². The summed E-state index contributed by atoms with van der Waals surface area (Å²) in [5.41, 5.74) is -0.313. The first-order valence-electron chi connectivity index (χ1n) is 4.17. The highest BCUT2D eigenvalue weighted by molar-refractivity contribution is 6.30. The lowest BCUT2D eigenvalue weighted by Crippen LogP contribution is -2.12. The number of nitrogens with zero attached hydrogens (tertiary/aromatic N) is 1. The van der Waals surface area contributed by atoms with Gasteiger partial charge in [0.1, 0.15) is 5.69 Å². The summed E-state index contributed by atoms with van der Waals surface area (Å²) in [6, 6.07) is 6.51. The molecule has 0 fully saturated rings. The number of benzene rings is 1. The van der Waals surface area contributed by atoms with Gasteiger partial charge in [0.15, 0.2) is 0 Å². The molecule has 0 amide bonds. The fourth-order valence-electron chi connectivity index (χ4n) is 1.22. The Balaban J connectivity index is 2.64. The molecule has 5 heteroatoms. The van der Waals surface area contributed by atoms with Crippen molar-refractivity contribution in [2.75, 3.05) is 0 Å². The van der Waals surface area contributed by atoms with E-state index in [0.29, 0.717) is 10.6 Å². The summed E-state index contributed by atoms with van der Waals surface area (Å²) in [5, 5.41) is 0.467. The molecule has 0 radical (unpaired) electrons. The van der Waals surface area contributed by atoms with Crippen molar-refractivity contribution >= 4 is 11.6 Å². The standard InChI is InChI=1S/C10H6ClFN2O/c11-7-3-1-2-6(4-7)9-8(12)10(15)14-5-13-9/h1-5H,(H,13,14,15). The lowest BCUT2D eigenvalue weighted by molar-refractivity contribution is 0.605. The van der Waals surface area contributed by atoms with Crippen molar-refractivity contribution in [1.82, 2.24) is 9.97 Å². The van der Waals surface area contributed by atoms with Crippen LogP contribution in [0, 0.1) is 5.82 Å². The van der Waals surface area contributed by atoms with Crippen LogP contribution in [0.1, 0.15) is 0 Å². The minimum atomic E-state index is -0.903. The van der Waals surface area contributed by atoms with Gasteiger partial charge < -0.3 is 4.98 Å².